The predicted molar refractivity (Wildman–Crippen MR) is 62.4 cm³/mol. The number of hydrogen-bond donors (Lipinski definition) is 2. The van der Waals surface area contributed by atoms with Crippen LogP contribution < -0.4 is 0 Å². The molecule has 0 atom stereocenters. The number of rotatable bonds is 3. The van der Waals surface area contributed by atoms with Gasteiger partial charge in [0.2, 0.25) is 0 Å². The fourth-order valence-corrected chi connectivity index (χ4v) is 2.59. The number of aliphatic hydroxyl groups is 2. The van der Waals surface area contributed by atoms with Crippen LogP contribution in [0.25, 0.3) is 0 Å². The molecule has 1 aliphatic rings. The highest BCUT2D eigenvalue weighted by Gasteiger charge is 2.29. The molecule has 2 heteroatoms. The Labute approximate surface area is 93.0 Å². The maximum atomic E-state index is 9.34. The van der Waals surface area contributed by atoms with Gasteiger partial charge in [0.1, 0.15) is 0 Å². The fraction of sp³-hybridized carbons (Fsp3) is 0.846. The van der Waals surface area contributed by atoms with Gasteiger partial charge in [-0.3, -0.25) is 0 Å². The molecular weight excluding hydrogens is 188 g/mol. The number of allylic oxidation sites excluding steroid dienone is 2. The molecule has 0 bridgehead atoms. The predicted octanol–water partition coefficient (Wildman–Crippen LogP) is 2.99. The summed E-state index contributed by atoms with van der Waals surface area (Å²) < 4.78 is 0. The van der Waals surface area contributed by atoms with Gasteiger partial charge in [-0.25, -0.2) is 0 Å². The van der Waals surface area contributed by atoms with E-state index in [1.807, 2.05) is 0 Å². The minimum absolute atomic E-state index is 0.244. The highest BCUT2D eigenvalue weighted by Crippen LogP contribution is 2.42. The summed E-state index contributed by atoms with van der Waals surface area (Å²) >= 11 is 0. The monoisotopic (exact) mass is 212 g/mol. The van der Waals surface area contributed by atoms with Gasteiger partial charge in [0.15, 0.2) is 5.79 Å². The van der Waals surface area contributed by atoms with Crippen LogP contribution in [0.15, 0.2) is 11.1 Å². The lowest BCUT2D eigenvalue weighted by Gasteiger charge is -2.35. The molecule has 0 heterocycles. The Hall–Kier alpha value is -0.340. The normalized spacial score (nSPS) is 22.0. The van der Waals surface area contributed by atoms with Crippen molar-refractivity contribution in [2.24, 2.45) is 5.41 Å². The van der Waals surface area contributed by atoms with Gasteiger partial charge in [0.25, 0.3) is 0 Å². The molecule has 0 spiro atoms. The smallest absolute Gasteiger partial charge is 0.159 e. The van der Waals surface area contributed by atoms with E-state index in [4.69, 9.17) is 0 Å². The second-order valence-electron chi connectivity index (χ2n) is 5.71. The highest BCUT2D eigenvalue weighted by molar-refractivity contribution is 5.22. The topological polar surface area (TPSA) is 40.5 Å². The third-order valence-corrected chi connectivity index (χ3v) is 3.53. The van der Waals surface area contributed by atoms with E-state index in [-0.39, 0.29) is 5.41 Å². The van der Waals surface area contributed by atoms with Crippen LogP contribution in [0.4, 0.5) is 0 Å². The molecule has 1 aliphatic carbocycles. The van der Waals surface area contributed by atoms with Crippen molar-refractivity contribution < 1.29 is 10.2 Å². The van der Waals surface area contributed by atoms with Crippen LogP contribution in [-0.2, 0) is 0 Å². The van der Waals surface area contributed by atoms with Crippen LogP contribution in [0, 0.1) is 5.41 Å². The summed E-state index contributed by atoms with van der Waals surface area (Å²) in [5, 5.41) is 18.7. The summed E-state index contributed by atoms with van der Waals surface area (Å²) in [6, 6.07) is 0. The lowest BCUT2D eigenvalue weighted by molar-refractivity contribution is -0.149. The maximum absolute atomic E-state index is 9.34. The molecular formula is C13H24O2. The Kier molecular flexibility index (Phi) is 3.62. The maximum Gasteiger partial charge on any atom is 0.159 e. The summed E-state index contributed by atoms with van der Waals surface area (Å²) in [5.74, 6) is -1.53. The molecule has 0 aromatic rings. The standard InChI is InChI=1S/C13H24O2/c1-10-6-5-8-12(2,3)11(10)7-9-13(4,14)15/h14-15H,5-9H2,1-4H3. The third kappa shape index (κ3) is 3.62. The second-order valence-corrected chi connectivity index (χ2v) is 5.71. The van der Waals surface area contributed by atoms with Crippen molar-refractivity contribution in [3.8, 4) is 0 Å². The van der Waals surface area contributed by atoms with E-state index in [9.17, 15) is 10.2 Å². The van der Waals surface area contributed by atoms with Crippen molar-refractivity contribution in [1.29, 1.82) is 0 Å². The minimum Gasteiger partial charge on any atom is -0.366 e. The van der Waals surface area contributed by atoms with Crippen LogP contribution in [-0.4, -0.2) is 16.0 Å². The largest absolute Gasteiger partial charge is 0.366 e. The molecule has 88 valence electrons. The van der Waals surface area contributed by atoms with Crippen molar-refractivity contribution in [3.05, 3.63) is 11.1 Å². The van der Waals surface area contributed by atoms with Crippen molar-refractivity contribution in [1.82, 2.24) is 0 Å². The second kappa shape index (κ2) is 4.26. The zero-order valence-corrected chi connectivity index (χ0v) is 10.4. The molecule has 0 aromatic heterocycles. The van der Waals surface area contributed by atoms with Gasteiger partial charge in [0, 0.05) is 6.42 Å². The van der Waals surface area contributed by atoms with E-state index in [0.29, 0.717) is 6.42 Å². The first-order valence-electron chi connectivity index (χ1n) is 5.86. The molecule has 1 rings (SSSR count). The van der Waals surface area contributed by atoms with Crippen molar-refractivity contribution >= 4 is 0 Å². The summed E-state index contributed by atoms with van der Waals surface area (Å²) in [7, 11) is 0. The average Bonchev–Trinajstić information content (AvgIpc) is 1.99. The molecule has 0 saturated carbocycles. The zero-order valence-electron chi connectivity index (χ0n) is 10.4. The van der Waals surface area contributed by atoms with Gasteiger partial charge in [-0.2, -0.15) is 0 Å². The van der Waals surface area contributed by atoms with Crippen molar-refractivity contribution in [3.63, 3.8) is 0 Å². The molecule has 2 nitrogen and oxygen atoms in total. The van der Waals surface area contributed by atoms with Gasteiger partial charge in [-0.15, -0.1) is 0 Å². The van der Waals surface area contributed by atoms with E-state index < -0.39 is 5.79 Å². The van der Waals surface area contributed by atoms with Crippen LogP contribution in [0.2, 0.25) is 0 Å². The minimum atomic E-state index is -1.53. The Balaban J connectivity index is 2.73. The molecule has 0 amide bonds. The van der Waals surface area contributed by atoms with Crippen LogP contribution in [0.3, 0.4) is 0 Å². The summed E-state index contributed by atoms with van der Waals surface area (Å²) in [6.45, 7) is 8.16. The first kappa shape index (κ1) is 12.7. The molecule has 0 saturated heterocycles. The first-order chi connectivity index (χ1) is 6.72. The Morgan fingerprint density at radius 3 is 2.40 bits per heavy atom. The van der Waals surface area contributed by atoms with E-state index in [2.05, 4.69) is 20.8 Å². The van der Waals surface area contributed by atoms with Crippen molar-refractivity contribution in [2.45, 2.75) is 65.6 Å². The van der Waals surface area contributed by atoms with Crippen LogP contribution >= 0.6 is 0 Å². The molecule has 0 aliphatic heterocycles. The van der Waals surface area contributed by atoms with E-state index in [1.165, 1.54) is 37.3 Å². The summed E-state index contributed by atoms with van der Waals surface area (Å²) in [5.41, 5.74) is 3.13. The molecule has 0 radical (unpaired) electrons. The van der Waals surface area contributed by atoms with Crippen molar-refractivity contribution in [2.75, 3.05) is 0 Å². The molecule has 0 fully saturated rings. The van der Waals surface area contributed by atoms with Gasteiger partial charge in [-0.05, 0) is 44.9 Å². The highest BCUT2D eigenvalue weighted by atomic mass is 16.5. The van der Waals surface area contributed by atoms with Gasteiger partial charge >= 0.3 is 0 Å². The zero-order chi connectivity index (χ0) is 11.7. The molecule has 0 unspecified atom stereocenters. The SMILES string of the molecule is CC1=C(CCC(C)(O)O)C(C)(C)CCC1. The van der Waals surface area contributed by atoms with E-state index >= 15 is 0 Å². The Morgan fingerprint density at radius 1 is 1.33 bits per heavy atom. The summed E-state index contributed by atoms with van der Waals surface area (Å²) in [4.78, 5) is 0. The third-order valence-electron chi connectivity index (χ3n) is 3.53. The van der Waals surface area contributed by atoms with E-state index in [1.54, 1.807) is 0 Å². The first-order valence-corrected chi connectivity index (χ1v) is 5.86. The summed E-state index contributed by atoms with van der Waals surface area (Å²) in [6.07, 6.45) is 4.89. The lowest BCUT2D eigenvalue weighted by Crippen LogP contribution is -2.26. The van der Waals surface area contributed by atoms with Gasteiger partial charge in [-0.1, -0.05) is 25.0 Å². The average molecular weight is 212 g/mol. The Morgan fingerprint density at radius 2 is 1.93 bits per heavy atom. The van der Waals surface area contributed by atoms with E-state index in [0.717, 1.165) is 6.42 Å². The van der Waals surface area contributed by atoms with Gasteiger partial charge in [0.05, 0.1) is 0 Å². The number of hydrogen-bond acceptors (Lipinski definition) is 2. The van der Waals surface area contributed by atoms with Crippen LogP contribution in [0.5, 0.6) is 0 Å². The molecule has 15 heavy (non-hydrogen) atoms. The lowest BCUT2D eigenvalue weighted by atomic mass is 9.71. The molecule has 2 N–H and O–H groups in total. The van der Waals surface area contributed by atoms with Crippen LogP contribution in [0.1, 0.15) is 59.8 Å². The quantitative estimate of drug-likeness (QED) is 0.557. The molecule has 0 aromatic carbocycles. The van der Waals surface area contributed by atoms with Gasteiger partial charge < -0.3 is 10.2 Å². The fourth-order valence-electron chi connectivity index (χ4n) is 2.59. The Bertz CT molecular complexity index is 256.